The molecule has 0 aliphatic heterocycles. The molecule has 3 rings (SSSR count). The summed E-state index contributed by atoms with van der Waals surface area (Å²) in [5.41, 5.74) is 8.56. The summed E-state index contributed by atoms with van der Waals surface area (Å²) in [6.07, 6.45) is 0. The zero-order valence-corrected chi connectivity index (χ0v) is 12.1. The Morgan fingerprint density at radius 2 is 2.10 bits per heavy atom. The van der Waals surface area contributed by atoms with Gasteiger partial charge in [-0.15, -0.1) is 0 Å². The molecule has 0 saturated carbocycles. The lowest BCUT2D eigenvalue weighted by Crippen LogP contribution is -2.19. The van der Waals surface area contributed by atoms with Crippen LogP contribution in [0.3, 0.4) is 0 Å². The molecule has 0 fully saturated rings. The molecular formula is C15H13N3O2S. The minimum atomic E-state index is 0.169. The molecule has 0 spiro atoms. The molecule has 3 aromatic rings. The lowest BCUT2D eigenvalue weighted by Gasteiger charge is -2.10. The fraction of sp³-hybridized carbons (Fsp3) is 0.0667. The van der Waals surface area contributed by atoms with E-state index in [9.17, 15) is 0 Å². The molecule has 0 unspecified atom stereocenters. The Kier molecular flexibility index (Phi) is 3.45. The van der Waals surface area contributed by atoms with Crippen LogP contribution in [-0.4, -0.2) is 17.2 Å². The van der Waals surface area contributed by atoms with Crippen molar-refractivity contribution in [2.45, 2.75) is 0 Å². The van der Waals surface area contributed by atoms with E-state index in [1.807, 2.05) is 42.5 Å². The highest BCUT2D eigenvalue weighted by atomic mass is 32.1. The van der Waals surface area contributed by atoms with Crippen molar-refractivity contribution in [1.29, 1.82) is 0 Å². The van der Waals surface area contributed by atoms with Crippen molar-refractivity contribution in [1.82, 2.24) is 4.98 Å². The first-order valence-electron chi connectivity index (χ1n) is 6.28. The van der Waals surface area contributed by atoms with Gasteiger partial charge in [-0.2, -0.15) is 0 Å². The number of methoxy groups -OCH3 is 1. The van der Waals surface area contributed by atoms with Gasteiger partial charge >= 0.3 is 0 Å². The third kappa shape index (κ3) is 2.66. The number of nitrogens with two attached hydrogens (primary N) is 1. The van der Waals surface area contributed by atoms with Gasteiger partial charge in [0.1, 0.15) is 11.3 Å². The first-order chi connectivity index (χ1) is 10.2. The number of nitrogens with zero attached hydrogens (tertiary/aromatic N) is 1. The zero-order chi connectivity index (χ0) is 14.8. The number of rotatable bonds is 3. The van der Waals surface area contributed by atoms with Gasteiger partial charge in [0, 0.05) is 5.56 Å². The van der Waals surface area contributed by atoms with Crippen LogP contribution >= 0.6 is 12.2 Å². The number of hydrogen-bond donors (Lipinski definition) is 2. The molecule has 0 amide bonds. The van der Waals surface area contributed by atoms with Crippen molar-refractivity contribution in [2.75, 3.05) is 12.4 Å². The maximum Gasteiger partial charge on any atom is 0.227 e. The van der Waals surface area contributed by atoms with E-state index in [0.717, 1.165) is 16.7 Å². The summed E-state index contributed by atoms with van der Waals surface area (Å²) in [7, 11) is 1.58. The average molecular weight is 299 g/mol. The smallest absolute Gasteiger partial charge is 0.227 e. The second-order valence-electron chi connectivity index (χ2n) is 4.39. The van der Waals surface area contributed by atoms with Gasteiger partial charge in [-0.05, 0) is 42.5 Å². The second-order valence-corrected chi connectivity index (χ2v) is 4.83. The quantitative estimate of drug-likeness (QED) is 0.724. The van der Waals surface area contributed by atoms with E-state index in [1.165, 1.54) is 0 Å². The number of fused-ring (bicyclic) bond motifs is 1. The minimum Gasteiger partial charge on any atom is -0.495 e. The van der Waals surface area contributed by atoms with Crippen molar-refractivity contribution in [2.24, 2.45) is 5.73 Å². The van der Waals surface area contributed by atoms with Crippen LogP contribution < -0.4 is 15.8 Å². The summed E-state index contributed by atoms with van der Waals surface area (Å²) in [4.78, 5) is 4.46. The molecule has 1 aromatic heterocycles. The molecule has 1 heterocycles. The number of oxazole rings is 1. The summed E-state index contributed by atoms with van der Waals surface area (Å²) < 4.78 is 11.0. The molecule has 0 saturated heterocycles. The molecule has 5 nitrogen and oxygen atoms in total. The summed E-state index contributed by atoms with van der Waals surface area (Å²) in [5.74, 6) is 1.17. The van der Waals surface area contributed by atoms with Crippen molar-refractivity contribution >= 4 is 34.1 Å². The second kappa shape index (κ2) is 5.41. The summed E-state index contributed by atoms with van der Waals surface area (Å²) in [5, 5.41) is 3.05. The predicted molar refractivity (Wildman–Crippen MR) is 86.4 cm³/mol. The maximum atomic E-state index is 5.74. The van der Waals surface area contributed by atoms with E-state index < -0.39 is 0 Å². The number of nitrogens with one attached hydrogen (secondary N) is 1. The molecular weight excluding hydrogens is 286 g/mol. The van der Waals surface area contributed by atoms with Crippen LogP contribution in [0.25, 0.3) is 22.6 Å². The molecule has 0 radical (unpaired) electrons. The number of para-hydroxylation sites is 2. The van der Waals surface area contributed by atoms with E-state index in [4.69, 9.17) is 27.1 Å². The highest BCUT2D eigenvalue weighted by Gasteiger charge is 2.11. The van der Waals surface area contributed by atoms with Crippen LogP contribution in [-0.2, 0) is 0 Å². The van der Waals surface area contributed by atoms with Crippen LogP contribution in [0.15, 0.2) is 46.9 Å². The summed E-state index contributed by atoms with van der Waals surface area (Å²) in [6, 6.07) is 13.1. The topological polar surface area (TPSA) is 73.3 Å². The fourth-order valence-corrected chi connectivity index (χ4v) is 2.18. The van der Waals surface area contributed by atoms with E-state index in [-0.39, 0.29) is 5.11 Å². The maximum absolute atomic E-state index is 5.74. The molecule has 106 valence electrons. The predicted octanol–water partition coefficient (Wildman–Crippen LogP) is 3.16. The summed E-state index contributed by atoms with van der Waals surface area (Å²) in [6.45, 7) is 0. The molecule has 0 aliphatic carbocycles. The number of anilines is 1. The average Bonchev–Trinajstić information content (AvgIpc) is 2.90. The van der Waals surface area contributed by atoms with Gasteiger partial charge in [-0.3, -0.25) is 0 Å². The van der Waals surface area contributed by atoms with Crippen LogP contribution in [0.5, 0.6) is 5.75 Å². The van der Waals surface area contributed by atoms with Crippen LogP contribution in [0.2, 0.25) is 0 Å². The largest absolute Gasteiger partial charge is 0.495 e. The molecule has 21 heavy (non-hydrogen) atoms. The Balaban J connectivity index is 2.07. The number of aromatic nitrogens is 1. The standard InChI is InChI=1S/C15H13N3O2S/c1-19-12-7-6-9(8-11(12)18-15(16)21)14-17-10-4-2-3-5-13(10)20-14/h2-8H,1H3,(H3,16,18,21). The van der Waals surface area contributed by atoms with Crippen LogP contribution in [0.4, 0.5) is 5.69 Å². The van der Waals surface area contributed by atoms with Gasteiger partial charge in [0.25, 0.3) is 0 Å². The molecule has 6 heteroatoms. The molecule has 0 aliphatic rings. The normalized spacial score (nSPS) is 10.5. The van der Waals surface area contributed by atoms with Gasteiger partial charge in [-0.1, -0.05) is 12.1 Å². The summed E-state index contributed by atoms with van der Waals surface area (Å²) >= 11 is 4.87. The Morgan fingerprint density at radius 1 is 1.29 bits per heavy atom. The fourth-order valence-electron chi connectivity index (χ4n) is 2.07. The Labute approximate surface area is 126 Å². The van der Waals surface area contributed by atoms with E-state index >= 15 is 0 Å². The number of thiocarbonyl (C=S) groups is 1. The van der Waals surface area contributed by atoms with Gasteiger partial charge < -0.3 is 20.2 Å². The Hall–Kier alpha value is -2.60. The molecule has 0 bridgehead atoms. The third-order valence-corrected chi connectivity index (χ3v) is 3.10. The van der Waals surface area contributed by atoms with Gasteiger partial charge in [-0.25, -0.2) is 4.98 Å². The van der Waals surface area contributed by atoms with Crippen molar-refractivity contribution < 1.29 is 9.15 Å². The van der Waals surface area contributed by atoms with Gasteiger partial charge in [0.2, 0.25) is 5.89 Å². The van der Waals surface area contributed by atoms with E-state index in [2.05, 4.69) is 10.3 Å². The molecule has 2 aromatic carbocycles. The lowest BCUT2D eigenvalue weighted by molar-refractivity contribution is 0.417. The Morgan fingerprint density at radius 3 is 2.81 bits per heavy atom. The van der Waals surface area contributed by atoms with E-state index in [1.54, 1.807) is 7.11 Å². The Bertz CT molecular complexity index is 781. The monoisotopic (exact) mass is 299 g/mol. The molecule has 0 atom stereocenters. The highest BCUT2D eigenvalue weighted by molar-refractivity contribution is 7.80. The first-order valence-corrected chi connectivity index (χ1v) is 6.68. The number of benzene rings is 2. The van der Waals surface area contributed by atoms with Crippen LogP contribution in [0.1, 0.15) is 0 Å². The lowest BCUT2D eigenvalue weighted by atomic mass is 10.2. The van der Waals surface area contributed by atoms with Gasteiger partial charge in [0.15, 0.2) is 10.7 Å². The zero-order valence-electron chi connectivity index (χ0n) is 11.3. The number of ether oxygens (including phenoxy) is 1. The van der Waals surface area contributed by atoms with Crippen molar-refractivity contribution in [3.05, 3.63) is 42.5 Å². The molecule has 3 N–H and O–H groups in total. The number of hydrogen-bond acceptors (Lipinski definition) is 4. The SMILES string of the molecule is COc1ccc(-c2nc3ccccc3o2)cc1NC(N)=S. The third-order valence-electron chi connectivity index (χ3n) is 3.00. The first kappa shape index (κ1) is 13.4. The van der Waals surface area contributed by atoms with Crippen LogP contribution in [0, 0.1) is 0 Å². The van der Waals surface area contributed by atoms with Gasteiger partial charge in [0.05, 0.1) is 12.8 Å². The van der Waals surface area contributed by atoms with E-state index in [0.29, 0.717) is 17.3 Å². The van der Waals surface area contributed by atoms with Crippen molar-refractivity contribution in [3.63, 3.8) is 0 Å². The minimum absolute atomic E-state index is 0.169. The highest BCUT2D eigenvalue weighted by Crippen LogP contribution is 2.31. The van der Waals surface area contributed by atoms with Crippen molar-refractivity contribution in [3.8, 4) is 17.2 Å².